The molecule has 146 valence electrons. The number of amides is 1. The van der Waals surface area contributed by atoms with E-state index in [1.165, 1.54) is 17.9 Å². The zero-order valence-corrected chi connectivity index (χ0v) is 14.8. The Hall–Kier alpha value is -1.58. The predicted octanol–water partition coefficient (Wildman–Crippen LogP) is 2.20. The molecule has 1 aliphatic heterocycles. The minimum Gasteiger partial charge on any atom is -0.479 e. The lowest BCUT2D eigenvalue weighted by molar-refractivity contribution is -0.184. The lowest BCUT2D eigenvalue weighted by Crippen LogP contribution is -2.58. The third-order valence-electron chi connectivity index (χ3n) is 4.01. The molecule has 0 aliphatic carbocycles. The molecule has 0 spiro atoms. The van der Waals surface area contributed by atoms with Crippen LogP contribution >= 0.6 is 11.6 Å². The third kappa shape index (κ3) is 5.72. The predicted molar refractivity (Wildman–Crippen MR) is 88.8 cm³/mol. The fourth-order valence-electron chi connectivity index (χ4n) is 2.60. The van der Waals surface area contributed by atoms with Crippen LogP contribution in [0, 0.1) is 5.82 Å². The van der Waals surface area contributed by atoms with Gasteiger partial charge in [0.1, 0.15) is 17.6 Å². The number of hydrogen-bond donors (Lipinski definition) is 2. The van der Waals surface area contributed by atoms with Crippen molar-refractivity contribution in [3.05, 3.63) is 29.0 Å². The van der Waals surface area contributed by atoms with Gasteiger partial charge in [-0.3, -0.25) is 9.69 Å². The van der Waals surface area contributed by atoms with E-state index in [1.807, 2.05) is 0 Å². The molecule has 1 saturated heterocycles. The van der Waals surface area contributed by atoms with Crippen molar-refractivity contribution < 1.29 is 27.1 Å². The van der Waals surface area contributed by atoms with Crippen LogP contribution in [0.2, 0.25) is 5.02 Å². The zero-order valence-electron chi connectivity index (χ0n) is 14.1. The summed E-state index contributed by atoms with van der Waals surface area (Å²) in [5, 5.41) is 5.23. The highest BCUT2D eigenvalue weighted by Gasteiger charge is 2.44. The smallest absolute Gasteiger partial charge is 0.405 e. The number of rotatable bonds is 6. The first kappa shape index (κ1) is 20.7. The van der Waals surface area contributed by atoms with Crippen molar-refractivity contribution in [3.63, 3.8) is 0 Å². The minimum atomic E-state index is -4.46. The fourth-order valence-corrected chi connectivity index (χ4v) is 2.81. The number of carbonyl (C=O) groups is 1. The number of carbonyl (C=O) groups excluding carboxylic acids is 1. The van der Waals surface area contributed by atoms with Crippen molar-refractivity contribution in [2.75, 3.05) is 32.7 Å². The molecule has 0 saturated carbocycles. The van der Waals surface area contributed by atoms with Crippen molar-refractivity contribution in [1.29, 1.82) is 0 Å². The Morgan fingerprint density at radius 3 is 2.62 bits per heavy atom. The van der Waals surface area contributed by atoms with Crippen LogP contribution in [0.4, 0.5) is 17.6 Å². The van der Waals surface area contributed by atoms with Crippen LogP contribution in [0.15, 0.2) is 18.2 Å². The molecule has 26 heavy (non-hydrogen) atoms. The van der Waals surface area contributed by atoms with Crippen molar-refractivity contribution in [2.45, 2.75) is 25.2 Å². The van der Waals surface area contributed by atoms with Crippen LogP contribution in [0.3, 0.4) is 0 Å². The van der Waals surface area contributed by atoms with Crippen LogP contribution in [0.5, 0.6) is 5.75 Å². The molecule has 1 amide bonds. The highest BCUT2D eigenvalue weighted by molar-refractivity contribution is 6.32. The van der Waals surface area contributed by atoms with E-state index >= 15 is 0 Å². The van der Waals surface area contributed by atoms with E-state index < -0.39 is 36.6 Å². The molecule has 1 aromatic rings. The van der Waals surface area contributed by atoms with E-state index in [0.717, 1.165) is 12.1 Å². The first-order valence-corrected chi connectivity index (χ1v) is 8.47. The molecule has 1 aromatic carbocycles. The molecule has 0 bridgehead atoms. The molecule has 1 aliphatic rings. The molecule has 1 fully saturated rings. The maximum Gasteiger partial charge on any atom is 0.405 e. The Balaban J connectivity index is 1.93. The monoisotopic (exact) mass is 397 g/mol. The number of piperazine rings is 1. The Morgan fingerprint density at radius 2 is 2.04 bits per heavy atom. The molecule has 2 rings (SSSR count). The first-order valence-electron chi connectivity index (χ1n) is 8.09. The SMILES string of the molecule is CC(Oc1ccc(F)cc1Cl)C(=O)NCC(N1CCNCC1)C(F)(F)F. The highest BCUT2D eigenvalue weighted by atomic mass is 35.5. The summed E-state index contributed by atoms with van der Waals surface area (Å²) in [7, 11) is 0. The highest BCUT2D eigenvalue weighted by Crippen LogP contribution is 2.26. The second-order valence-corrected chi connectivity index (χ2v) is 6.33. The van der Waals surface area contributed by atoms with Gasteiger partial charge < -0.3 is 15.4 Å². The van der Waals surface area contributed by atoms with E-state index in [0.29, 0.717) is 13.1 Å². The lowest BCUT2D eigenvalue weighted by atomic mass is 10.2. The summed E-state index contributed by atoms with van der Waals surface area (Å²) in [5.41, 5.74) is 0. The van der Waals surface area contributed by atoms with Gasteiger partial charge in [0.25, 0.3) is 5.91 Å². The Labute approximate surface area is 153 Å². The van der Waals surface area contributed by atoms with E-state index in [1.54, 1.807) is 0 Å². The Bertz CT molecular complexity index is 624. The summed E-state index contributed by atoms with van der Waals surface area (Å²) in [4.78, 5) is 13.4. The lowest BCUT2D eigenvalue weighted by Gasteiger charge is -2.36. The van der Waals surface area contributed by atoms with Crippen LogP contribution in [0.25, 0.3) is 0 Å². The molecule has 2 unspecified atom stereocenters. The number of ether oxygens (including phenoxy) is 1. The van der Waals surface area contributed by atoms with Gasteiger partial charge in [-0.25, -0.2) is 4.39 Å². The average molecular weight is 398 g/mol. The first-order chi connectivity index (χ1) is 12.2. The Morgan fingerprint density at radius 1 is 1.38 bits per heavy atom. The molecule has 1 heterocycles. The molecule has 10 heteroatoms. The van der Waals surface area contributed by atoms with Crippen LogP contribution in [-0.2, 0) is 4.79 Å². The van der Waals surface area contributed by atoms with E-state index in [2.05, 4.69) is 10.6 Å². The molecular formula is C16H20ClF4N3O2. The minimum absolute atomic E-state index is 0.0290. The van der Waals surface area contributed by atoms with Gasteiger partial charge in [0.2, 0.25) is 0 Å². The molecule has 5 nitrogen and oxygen atoms in total. The maximum absolute atomic E-state index is 13.3. The van der Waals surface area contributed by atoms with Crippen molar-refractivity contribution in [1.82, 2.24) is 15.5 Å². The molecule has 2 atom stereocenters. The topological polar surface area (TPSA) is 53.6 Å². The van der Waals surface area contributed by atoms with Gasteiger partial charge in [-0.05, 0) is 25.1 Å². The number of nitrogens with zero attached hydrogens (tertiary/aromatic N) is 1. The summed E-state index contributed by atoms with van der Waals surface area (Å²) in [6.45, 7) is 2.22. The van der Waals surface area contributed by atoms with Gasteiger partial charge in [0.05, 0.1) is 5.02 Å². The summed E-state index contributed by atoms with van der Waals surface area (Å²) >= 11 is 5.81. The number of benzene rings is 1. The second-order valence-electron chi connectivity index (χ2n) is 5.92. The van der Waals surface area contributed by atoms with Gasteiger partial charge in [0, 0.05) is 32.7 Å². The molecule has 0 aromatic heterocycles. The molecular weight excluding hydrogens is 378 g/mol. The zero-order chi connectivity index (χ0) is 19.3. The summed E-state index contributed by atoms with van der Waals surface area (Å²) in [5.74, 6) is -1.21. The maximum atomic E-state index is 13.3. The van der Waals surface area contributed by atoms with Gasteiger partial charge in [-0.1, -0.05) is 11.6 Å². The summed E-state index contributed by atoms with van der Waals surface area (Å²) < 4.78 is 58.2. The fraction of sp³-hybridized carbons (Fsp3) is 0.562. The summed E-state index contributed by atoms with van der Waals surface area (Å²) in [6, 6.07) is 1.61. The number of hydrogen-bond acceptors (Lipinski definition) is 4. The standard InChI is InChI=1S/C16H20ClF4N3O2/c1-10(26-13-3-2-11(18)8-12(13)17)15(25)23-9-14(16(19,20)21)24-6-4-22-5-7-24/h2-3,8,10,14,22H,4-7,9H2,1H3,(H,23,25). The number of nitrogens with one attached hydrogen (secondary N) is 2. The van der Waals surface area contributed by atoms with Crippen LogP contribution in [-0.4, -0.2) is 61.9 Å². The van der Waals surface area contributed by atoms with E-state index in [4.69, 9.17) is 16.3 Å². The van der Waals surface area contributed by atoms with Crippen LogP contribution < -0.4 is 15.4 Å². The van der Waals surface area contributed by atoms with Gasteiger partial charge in [0.15, 0.2) is 6.10 Å². The number of alkyl halides is 3. The Kier molecular flexibility index (Phi) is 7.08. The quantitative estimate of drug-likeness (QED) is 0.723. The van der Waals surface area contributed by atoms with Crippen molar-refractivity contribution >= 4 is 17.5 Å². The second kappa shape index (κ2) is 8.88. The largest absolute Gasteiger partial charge is 0.479 e. The molecule has 2 N–H and O–H groups in total. The number of halogens is 5. The van der Waals surface area contributed by atoms with Gasteiger partial charge >= 0.3 is 6.18 Å². The van der Waals surface area contributed by atoms with Gasteiger partial charge in [-0.15, -0.1) is 0 Å². The van der Waals surface area contributed by atoms with Crippen molar-refractivity contribution in [2.24, 2.45) is 0 Å². The van der Waals surface area contributed by atoms with E-state index in [9.17, 15) is 22.4 Å². The van der Waals surface area contributed by atoms with Crippen molar-refractivity contribution in [3.8, 4) is 5.75 Å². The van der Waals surface area contributed by atoms with E-state index in [-0.39, 0.29) is 23.9 Å². The van der Waals surface area contributed by atoms with Gasteiger partial charge in [-0.2, -0.15) is 13.2 Å². The average Bonchev–Trinajstić information content (AvgIpc) is 2.57. The normalized spacial score (nSPS) is 18.2. The summed E-state index contributed by atoms with van der Waals surface area (Å²) in [6.07, 6.45) is -5.55. The van der Waals surface area contributed by atoms with Crippen LogP contribution in [0.1, 0.15) is 6.92 Å². The third-order valence-corrected chi connectivity index (χ3v) is 4.30. The molecule has 0 radical (unpaired) electrons.